The lowest BCUT2D eigenvalue weighted by Gasteiger charge is -2.14. The van der Waals surface area contributed by atoms with Crippen molar-refractivity contribution in [2.45, 2.75) is 6.61 Å². The van der Waals surface area contributed by atoms with Crippen LogP contribution in [0.4, 0.5) is 5.00 Å². The SMILES string of the molecule is COC(=O)c1ccsc1NC(=O)C(C#N)=Cc1cccc(OC)c1OCc1ccccc1. The third kappa shape index (κ3) is 5.33. The van der Waals surface area contributed by atoms with Crippen molar-refractivity contribution in [3.05, 3.63) is 82.2 Å². The second-order valence-corrected chi connectivity index (χ2v) is 7.35. The van der Waals surface area contributed by atoms with Crippen LogP contribution in [-0.2, 0) is 16.1 Å². The Kier molecular flexibility index (Phi) is 7.62. The van der Waals surface area contributed by atoms with Crippen molar-refractivity contribution in [2.75, 3.05) is 19.5 Å². The highest BCUT2D eigenvalue weighted by Crippen LogP contribution is 2.33. The molecule has 0 aliphatic rings. The largest absolute Gasteiger partial charge is 0.493 e. The van der Waals surface area contributed by atoms with Crippen molar-refractivity contribution in [2.24, 2.45) is 0 Å². The summed E-state index contributed by atoms with van der Waals surface area (Å²) in [6.07, 6.45) is 1.42. The summed E-state index contributed by atoms with van der Waals surface area (Å²) in [6, 6.07) is 18.2. The van der Waals surface area contributed by atoms with E-state index in [9.17, 15) is 14.9 Å². The zero-order valence-electron chi connectivity index (χ0n) is 17.5. The van der Waals surface area contributed by atoms with Crippen LogP contribution in [0.1, 0.15) is 21.5 Å². The number of methoxy groups -OCH3 is 2. The summed E-state index contributed by atoms with van der Waals surface area (Å²) in [4.78, 5) is 24.6. The van der Waals surface area contributed by atoms with Gasteiger partial charge in [-0.25, -0.2) is 4.79 Å². The number of nitriles is 1. The third-order valence-corrected chi connectivity index (χ3v) is 5.25. The second kappa shape index (κ2) is 10.8. The number of nitrogens with one attached hydrogen (secondary N) is 1. The molecule has 0 unspecified atom stereocenters. The Morgan fingerprint density at radius 1 is 1.09 bits per heavy atom. The summed E-state index contributed by atoms with van der Waals surface area (Å²) in [5.74, 6) is -0.352. The number of ether oxygens (including phenoxy) is 3. The zero-order valence-corrected chi connectivity index (χ0v) is 18.3. The topological polar surface area (TPSA) is 97.7 Å². The Labute approximate surface area is 189 Å². The van der Waals surface area contributed by atoms with E-state index in [-0.39, 0.29) is 17.7 Å². The van der Waals surface area contributed by atoms with Crippen LogP contribution in [0.5, 0.6) is 11.5 Å². The molecule has 2 aromatic carbocycles. The molecule has 0 fully saturated rings. The molecule has 32 heavy (non-hydrogen) atoms. The summed E-state index contributed by atoms with van der Waals surface area (Å²) in [5, 5.41) is 14.1. The number of carbonyl (C=O) groups is 2. The fraction of sp³-hybridized carbons (Fsp3) is 0.125. The van der Waals surface area contributed by atoms with Crippen molar-refractivity contribution >= 4 is 34.3 Å². The standard InChI is InChI=1S/C24H20N2O5S/c1-29-20-10-6-9-17(21(20)31-15-16-7-4-3-5-8-16)13-18(14-25)22(27)26-23-19(11-12-32-23)24(28)30-2/h3-13H,15H2,1-2H3,(H,26,27). The Morgan fingerprint density at radius 2 is 1.88 bits per heavy atom. The average Bonchev–Trinajstić information content (AvgIpc) is 3.29. The number of benzene rings is 2. The van der Waals surface area contributed by atoms with Crippen LogP contribution in [0, 0.1) is 11.3 Å². The number of hydrogen-bond donors (Lipinski definition) is 1. The molecule has 8 heteroatoms. The summed E-state index contributed by atoms with van der Waals surface area (Å²) in [7, 11) is 2.77. The van der Waals surface area contributed by atoms with Crippen LogP contribution in [0.3, 0.4) is 0 Å². The van der Waals surface area contributed by atoms with E-state index in [2.05, 4.69) is 5.32 Å². The van der Waals surface area contributed by atoms with Crippen LogP contribution in [0.2, 0.25) is 0 Å². The molecule has 0 bridgehead atoms. The number of carbonyl (C=O) groups excluding carboxylic acids is 2. The summed E-state index contributed by atoms with van der Waals surface area (Å²) >= 11 is 1.16. The van der Waals surface area contributed by atoms with Crippen LogP contribution in [0.25, 0.3) is 6.08 Å². The Hall–Kier alpha value is -4.09. The highest BCUT2D eigenvalue weighted by Gasteiger charge is 2.19. The fourth-order valence-electron chi connectivity index (χ4n) is 2.84. The van der Waals surface area contributed by atoms with E-state index < -0.39 is 11.9 Å². The van der Waals surface area contributed by atoms with Gasteiger partial charge in [0.05, 0.1) is 19.8 Å². The van der Waals surface area contributed by atoms with E-state index in [1.807, 2.05) is 36.4 Å². The van der Waals surface area contributed by atoms with Crippen molar-refractivity contribution in [1.29, 1.82) is 5.26 Å². The predicted molar refractivity (Wildman–Crippen MR) is 122 cm³/mol. The normalized spacial score (nSPS) is 10.7. The maximum atomic E-state index is 12.7. The number of rotatable bonds is 8. The average molecular weight is 449 g/mol. The second-order valence-electron chi connectivity index (χ2n) is 6.43. The quantitative estimate of drug-likeness (QED) is 0.306. The van der Waals surface area contributed by atoms with Gasteiger partial charge in [-0.1, -0.05) is 42.5 Å². The molecule has 0 saturated carbocycles. The third-order valence-electron chi connectivity index (χ3n) is 4.42. The molecule has 3 aromatic rings. The van der Waals surface area contributed by atoms with E-state index >= 15 is 0 Å². The molecule has 0 radical (unpaired) electrons. The Balaban J connectivity index is 1.88. The van der Waals surface area contributed by atoms with Crippen LogP contribution in [-0.4, -0.2) is 26.1 Å². The summed E-state index contributed by atoms with van der Waals surface area (Å²) < 4.78 is 16.1. The van der Waals surface area contributed by atoms with Gasteiger partial charge in [-0.3, -0.25) is 4.79 Å². The van der Waals surface area contributed by atoms with Crippen molar-refractivity contribution in [3.63, 3.8) is 0 Å². The number of esters is 1. The van der Waals surface area contributed by atoms with Crippen molar-refractivity contribution in [1.82, 2.24) is 0 Å². The highest BCUT2D eigenvalue weighted by atomic mass is 32.1. The Bertz CT molecular complexity index is 1180. The maximum absolute atomic E-state index is 12.7. The number of hydrogen-bond acceptors (Lipinski definition) is 7. The van der Waals surface area contributed by atoms with Gasteiger partial charge in [0.25, 0.3) is 5.91 Å². The molecule has 1 N–H and O–H groups in total. The number of nitrogens with zero attached hydrogens (tertiary/aromatic N) is 1. The molecule has 0 saturated heterocycles. The molecule has 7 nitrogen and oxygen atoms in total. The molecular weight excluding hydrogens is 428 g/mol. The van der Waals surface area contributed by atoms with Crippen LogP contribution >= 0.6 is 11.3 Å². The first-order chi connectivity index (χ1) is 15.6. The van der Waals surface area contributed by atoms with E-state index in [1.54, 1.807) is 29.6 Å². The Morgan fingerprint density at radius 3 is 2.56 bits per heavy atom. The first kappa shape index (κ1) is 22.6. The molecule has 0 aliphatic heterocycles. The molecule has 1 aromatic heterocycles. The molecule has 0 aliphatic carbocycles. The first-order valence-corrected chi connectivity index (χ1v) is 10.4. The van der Waals surface area contributed by atoms with E-state index in [4.69, 9.17) is 14.2 Å². The minimum Gasteiger partial charge on any atom is -0.493 e. The number of anilines is 1. The van der Waals surface area contributed by atoms with Gasteiger partial charge < -0.3 is 19.5 Å². The zero-order chi connectivity index (χ0) is 22.9. The number of thiophene rings is 1. The molecule has 1 heterocycles. The van der Waals surface area contributed by atoms with Gasteiger partial charge in [0.1, 0.15) is 23.3 Å². The van der Waals surface area contributed by atoms with Crippen LogP contribution in [0.15, 0.2) is 65.6 Å². The minimum atomic E-state index is -0.656. The van der Waals surface area contributed by atoms with Gasteiger partial charge in [0.2, 0.25) is 0 Å². The lowest BCUT2D eigenvalue weighted by Crippen LogP contribution is -2.15. The molecule has 162 valence electrons. The van der Waals surface area contributed by atoms with Gasteiger partial charge >= 0.3 is 5.97 Å². The van der Waals surface area contributed by atoms with Gasteiger partial charge in [0.15, 0.2) is 11.5 Å². The number of amides is 1. The van der Waals surface area contributed by atoms with E-state index in [1.165, 1.54) is 20.3 Å². The first-order valence-electron chi connectivity index (χ1n) is 9.50. The fourth-order valence-corrected chi connectivity index (χ4v) is 3.61. The lowest BCUT2D eigenvalue weighted by molar-refractivity contribution is -0.112. The van der Waals surface area contributed by atoms with Gasteiger partial charge in [-0.2, -0.15) is 5.26 Å². The molecule has 1 amide bonds. The highest BCUT2D eigenvalue weighted by molar-refractivity contribution is 7.14. The van der Waals surface area contributed by atoms with Crippen molar-refractivity contribution in [3.8, 4) is 17.6 Å². The smallest absolute Gasteiger partial charge is 0.340 e. The summed E-state index contributed by atoms with van der Waals surface area (Å²) in [5.41, 5.74) is 1.52. The van der Waals surface area contributed by atoms with Gasteiger partial charge in [-0.15, -0.1) is 11.3 Å². The summed E-state index contributed by atoms with van der Waals surface area (Å²) in [6.45, 7) is 0.286. The van der Waals surface area contributed by atoms with Gasteiger partial charge in [-0.05, 0) is 29.2 Å². The van der Waals surface area contributed by atoms with Crippen LogP contribution < -0.4 is 14.8 Å². The molecule has 0 spiro atoms. The van der Waals surface area contributed by atoms with E-state index in [0.717, 1.165) is 16.9 Å². The van der Waals surface area contributed by atoms with E-state index in [0.29, 0.717) is 22.1 Å². The molecule has 3 rings (SSSR count). The lowest BCUT2D eigenvalue weighted by atomic mass is 10.1. The molecule has 0 atom stereocenters. The minimum absolute atomic E-state index is 0.160. The monoisotopic (exact) mass is 448 g/mol. The van der Waals surface area contributed by atoms with Gasteiger partial charge in [0, 0.05) is 5.56 Å². The van der Waals surface area contributed by atoms with Crippen molar-refractivity contribution < 1.29 is 23.8 Å². The maximum Gasteiger partial charge on any atom is 0.340 e. The predicted octanol–water partition coefficient (Wildman–Crippen LogP) is 4.67. The molecular formula is C24H20N2O5S. The number of para-hydroxylation sites is 1.